The van der Waals surface area contributed by atoms with E-state index in [9.17, 15) is 0 Å². The van der Waals surface area contributed by atoms with Crippen molar-refractivity contribution >= 4 is 11.4 Å². The summed E-state index contributed by atoms with van der Waals surface area (Å²) in [6.07, 6.45) is 0.925. The minimum Gasteiger partial charge on any atom is -0.399 e. The molecule has 18 heavy (non-hydrogen) atoms. The molecule has 0 atom stereocenters. The van der Waals surface area contributed by atoms with E-state index in [0.29, 0.717) is 5.92 Å². The van der Waals surface area contributed by atoms with Crippen molar-refractivity contribution in [2.75, 3.05) is 11.5 Å². The summed E-state index contributed by atoms with van der Waals surface area (Å²) >= 11 is 0. The molecule has 2 heteroatoms. The van der Waals surface area contributed by atoms with Crippen LogP contribution in [0.4, 0.5) is 11.4 Å². The first-order valence-electron chi connectivity index (χ1n) is 6.29. The largest absolute Gasteiger partial charge is 0.399 e. The molecule has 2 aromatic carbocycles. The standard InChI is InChI=1S/C16H20N2/c1-11(2)16-10-15(18)8-5-13(16)9-12-3-6-14(17)7-4-12/h3-8,10-11H,9,17-18H2,1-2H3. The Morgan fingerprint density at radius 3 is 2.11 bits per heavy atom. The van der Waals surface area contributed by atoms with Crippen molar-refractivity contribution in [3.05, 3.63) is 59.2 Å². The molecule has 2 aromatic rings. The third-order valence-corrected chi connectivity index (χ3v) is 3.17. The second-order valence-corrected chi connectivity index (χ2v) is 5.03. The van der Waals surface area contributed by atoms with Crippen LogP contribution in [0.25, 0.3) is 0 Å². The summed E-state index contributed by atoms with van der Waals surface area (Å²) in [5.74, 6) is 0.484. The van der Waals surface area contributed by atoms with Gasteiger partial charge in [-0.05, 0) is 53.3 Å². The molecule has 0 aliphatic heterocycles. The molecule has 0 aliphatic rings. The fourth-order valence-electron chi connectivity index (χ4n) is 2.17. The predicted molar refractivity (Wildman–Crippen MR) is 78.6 cm³/mol. The second kappa shape index (κ2) is 5.13. The zero-order valence-electron chi connectivity index (χ0n) is 11.0. The van der Waals surface area contributed by atoms with Crippen LogP contribution in [0, 0.1) is 0 Å². The van der Waals surface area contributed by atoms with E-state index >= 15 is 0 Å². The van der Waals surface area contributed by atoms with Crippen LogP contribution in [0.5, 0.6) is 0 Å². The van der Waals surface area contributed by atoms with E-state index in [1.807, 2.05) is 18.2 Å². The Balaban J connectivity index is 2.31. The Labute approximate surface area is 109 Å². The third-order valence-electron chi connectivity index (χ3n) is 3.17. The van der Waals surface area contributed by atoms with Gasteiger partial charge in [-0.2, -0.15) is 0 Å². The first kappa shape index (κ1) is 12.5. The maximum atomic E-state index is 5.86. The number of hydrogen-bond donors (Lipinski definition) is 2. The Morgan fingerprint density at radius 2 is 1.50 bits per heavy atom. The highest BCUT2D eigenvalue weighted by Gasteiger charge is 2.07. The zero-order chi connectivity index (χ0) is 13.1. The third kappa shape index (κ3) is 2.83. The first-order chi connectivity index (χ1) is 8.56. The van der Waals surface area contributed by atoms with E-state index in [1.165, 1.54) is 16.7 Å². The van der Waals surface area contributed by atoms with Gasteiger partial charge in [-0.15, -0.1) is 0 Å². The highest BCUT2D eigenvalue weighted by molar-refractivity contribution is 5.48. The molecule has 0 fully saturated rings. The molecule has 0 aliphatic carbocycles. The van der Waals surface area contributed by atoms with Gasteiger partial charge in [0, 0.05) is 11.4 Å². The molecule has 0 spiro atoms. The molecule has 4 N–H and O–H groups in total. The molecule has 0 unspecified atom stereocenters. The van der Waals surface area contributed by atoms with E-state index in [1.54, 1.807) is 0 Å². The van der Waals surface area contributed by atoms with E-state index in [4.69, 9.17) is 11.5 Å². The fourth-order valence-corrected chi connectivity index (χ4v) is 2.17. The van der Waals surface area contributed by atoms with Gasteiger partial charge in [0.1, 0.15) is 0 Å². The van der Waals surface area contributed by atoms with Crippen molar-refractivity contribution in [3.63, 3.8) is 0 Å². The Kier molecular flexibility index (Phi) is 3.56. The first-order valence-corrected chi connectivity index (χ1v) is 6.29. The maximum Gasteiger partial charge on any atom is 0.0317 e. The molecular weight excluding hydrogens is 220 g/mol. The van der Waals surface area contributed by atoms with E-state index < -0.39 is 0 Å². The highest BCUT2D eigenvalue weighted by atomic mass is 14.5. The van der Waals surface area contributed by atoms with Gasteiger partial charge in [-0.1, -0.05) is 32.0 Å². The van der Waals surface area contributed by atoms with Gasteiger partial charge in [0.2, 0.25) is 0 Å². The summed E-state index contributed by atoms with van der Waals surface area (Å²) in [6, 6.07) is 14.2. The summed E-state index contributed by atoms with van der Waals surface area (Å²) in [7, 11) is 0. The minimum absolute atomic E-state index is 0.484. The van der Waals surface area contributed by atoms with E-state index in [0.717, 1.165) is 17.8 Å². The van der Waals surface area contributed by atoms with Crippen LogP contribution in [-0.4, -0.2) is 0 Å². The Bertz CT molecular complexity index is 527. The highest BCUT2D eigenvalue weighted by Crippen LogP contribution is 2.24. The van der Waals surface area contributed by atoms with Crippen molar-refractivity contribution in [2.24, 2.45) is 0 Å². The molecule has 0 bridgehead atoms. The van der Waals surface area contributed by atoms with Crippen molar-refractivity contribution in [3.8, 4) is 0 Å². The van der Waals surface area contributed by atoms with Gasteiger partial charge in [0.05, 0.1) is 0 Å². The van der Waals surface area contributed by atoms with Crippen LogP contribution >= 0.6 is 0 Å². The van der Waals surface area contributed by atoms with Gasteiger partial charge in [-0.3, -0.25) is 0 Å². The monoisotopic (exact) mass is 240 g/mol. The van der Waals surface area contributed by atoms with Gasteiger partial charge in [-0.25, -0.2) is 0 Å². The normalized spacial score (nSPS) is 10.8. The van der Waals surface area contributed by atoms with E-state index in [2.05, 4.69) is 38.1 Å². The zero-order valence-corrected chi connectivity index (χ0v) is 11.0. The van der Waals surface area contributed by atoms with Crippen molar-refractivity contribution in [1.29, 1.82) is 0 Å². The fraction of sp³-hybridized carbons (Fsp3) is 0.250. The minimum atomic E-state index is 0.484. The lowest BCUT2D eigenvalue weighted by atomic mass is 9.92. The van der Waals surface area contributed by atoms with Crippen LogP contribution in [0.3, 0.4) is 0 Å². The quantitative estimate of drug-likeness (QED) is 0.806. The van der Waals surface area contributed by atoms with Gasteiger partial charge in [0.15, 0.2) is 0 Å². The molecule has 0 heterocycles. The number of rotatable bonds is 3. The number of hydrogen-bond acceptors (Lipinski definition) is 2. The summed E-state index contributed by atoms with van der Waals surface area (Å²) < 4.78 is 0. The number of nitrogen functional groups attached to an aromatic ring is 2. The average Bonchev–Trinajstić information content (AvgIpc) is 2.34. The van der Waals surface area contributed by atoms with Crippen molar-refractivity contribution < 1.29 is 0 Å². The summed E-state index contributed by atoms with van der Waals surface area (Å²) in [6.45, 7) is 4.39. The van der Waals surface area contributed by atoms with Crippen LogP contribution in [0.1, 0.15) is 36.5 Å². The molecular formula is C16H20N2. The smallest absolute Gasteiger partial charge is 0.0317 e. The molecule has 2 rings (SSSR count). The Hall–Kier alpha value is -1.96. The second-order valence-electron chi connectivity index (χ2n) is 5.03. The van der Waals surface area contributed by atoms with Gasteiger partial charge < -0.3 is 11.5 Å². The molecule has 0 amide bonds. The van der Waals surface area contributed by atoms with Crippen LogP contribution < -0.4 is 11.5 Å². The van der Waals surface area contributed by atoms with E-state index in [-0.39, 0.29) is 0 Å². The Morgan fingerprint density at radius 1 is 0.889 bits per heavy atom. The topological polar surface area (TPSA) is 52.0 Å². The van der Waals surface area contributed by atoms with Gasteiger partial charge in [0.25, 0.3) is 0 Å². The lowest BCUT2D eigenvalue weighted by Crippen LogP contribution is -1.99. The molecule has 2 nitrogen and oxygen atoms in total. The number of benzene rings is 2. The van der Waals surface area contributed by atoms with Gasteiger partial charge >= 0.3 is 0 Å². The van der Waals surface area contributed by atoms with Crippen LogP contribution in [0.2, 0.25) is 0 Å². The number of nitrogens with two attached hydrogens (primary N) is 2. The SMILES string of the molecule is CC(C)c1cc(N)ccc1Cc1ccc(N)cc1. The molecule has 0 aromatic heterocycles. The predicted octanol–water partition coefficient (Wildman–Crippen LogP) is 3.57. The molecule has 0 radical (unpaired) electrons. The van der Waals surface area contributed by atoms with Crippen molar-refractivity contribution in [2.45, 2.75) is 26.2 Å². The molecule has 94 valence electrons. The summed E-state index contributed by atoms with van der Waals surface area (Å²) in [5, 5.41) is 0. The average molecular weight is 240 g/mol. The molecule has 0 saturated heterocycles. The van der Waals surface area contributed by atoms with Crippen molar-refractivity contribution in [1.82, 2.24) is 0 Å². The lowest BCUT2D eigenvalue weighted by molar-refractivity contribution is 0.849. The summed E-state index contributed by atoms with van der Waals surface area (Å²) in [4.78, 5) is 0. The molecule has 0 saturated carbocycles. The number of anilines is 2. The van der Waals surface area contributed by atoms with Crippen LogP contribution in [0.15, 0.2) is 42.5 Å². The lowest BCUT2D eigenvalue weighted by Gasteiger charge is -2.14. The van der Waals surface area contributed by atoms with Crippen LogP contribution in [-0.2, 0) is 6.42 Å². The maximum absolute atomic E-state index is 5.86. The summed E-state index contributed by atoms with van der Waals surface area (Å²) in [5.41, 5.74) is 17.1.